The predicted octanol–water partition coefficient (Wildman–Crippen LogP) is 2.47. The number of carbonyl (C=O) groups excluding carboxylic acids is 1. The molecule has 2 aromatic carbocycles. The second-order valence-electron chi connectivity index (χ2n) is 6.97. The monoisotopic (exact) mass is 381 g/mol. The first-order chi connectivity index (χ1) is 13.4. The number of anilines is 1. The van der Waals surface area contributed by atoms with E-state index in [2.05, 4.69) is 5.32 Å². The molecule has 0 fully saturated rings. The molecule has 0 unspecified atom stereocenters. The molecule has 28 heavy (non-hydrogen) atoms. The molecule has 0 bridgehead atoms. The van der Waals surface area contributed by atoms with Gasteiger partial charge in [-0.3, -0.25) is 18.7 Å². The topological polar surface area (TPSA) is 82.3 Å². The van der Waals surface area contributed by atoms with Gasteiger partial charge in [0.25, 0.3) is 5.56 Å². The summed E-state index contributed by atoms with van der Waals surface area (Å²) in [6.07, 6.45) is 0. The Hall–Kier alpha value is -3.35. The zero-order valence-electron chi connectivity index (χ0n) is 16.1. The second kappa shape index (κ2) is 8.12. The number of rotatable bonds is 6. The van der Waals surface area contributed by atoms with Gasteiger partial charge >= 0.3 is 5.69 Å². The highest BCUT2D eigenvalue weighted by atomic mass is 16.5. The van der Waals surface area contributed by atoms with Crippen molar-refractivity contribution in [2.24, 2.45) is 5.92 Å². The molecule has 0 radical (unpaired) electrons. The fourth-order valence-corrected chi connectivity index (χ4v) is 3.07. The lowest BCUT2D eigenvalue weighted by Gasteiger charge is -2.15. The smallest absolute Gasteiger partial charge is 0.331 e. The van der Waals surface area contributed by atoms with Crippen molar-refractivity contribution in [1.29, 1.82) is 0 Å². The summed E-state index contributed by atoms with van der Waals surface area (Å²) in [6.45, 7) is 3.97. The fraction of sp³-hybridized carbons (Fsp3) is 0.286. The summed E-state index contributed by atoms with van der Waals surface area (Å²) >= 11 is 0. The number of hydrogen-bond donors (Lipinski definition) is 1. The highest BCUT2D eigenvalue weighted by molar-refractivity contribution is 5.91. The number of para-hydroxylation sites is 1. The van der Waals surface area contributed by atoms with E-state index < -0.39 is 5.69 Å². The average Bonchev–Trinajstić information content (AvgIpc) is 2.69. The van der Waals surface area contributed by atoms with E-state index in [0.717, 1.165) is 0 Å². The summed E-state index contributed by atoms with van der Waals surface area (Å²) in [6, 6.07) is 13.8. The summed E-state index contributed by atoms with van der Waals surface area (Å²) in [7, 11) is 1.57. The molecular weight excluding hydrogens is 358 g/mol. The van der Waals surface area contributed by atoms with Gasteiger partial charge in [-0.15, -0.1) is 0 Å². The first-order valence-electron chi connectivity index (χ1n) is 9.07. The van der Waals surface area contributed by atoms with Gasteiger partial charge in [-0.2, -0.15) is 0 Å². The van der Waals surface area contributed by atoms with Crippen LogP contribution < -0.4 is 21.3 Å². The number of nitrogens with one attached hydrogen (secondary N) is 1. The van der Waals surface area contributed by atoms with Crippen molar-refractivity contribution in [3.8, 4) is 5.75 Å². The van der Waals surface area contributed by atoms with Crippen LogP contribution in [0.4, 0.5) is 5.69 Å². The summed E-state index contributed by atoms with van der Waals surface area (Å²) in [5, 5.41) is 3.18. The van der Waals surface area contributed by atoms with Crippen LogP contribution in [-0.2, 0) is 17.9 Å². The maximum atomic E-state index is 12.9. The van der Waals surface area contributed by atoms with Gasteiger partial charge in [-0.25, -0.2) is 4.79 Å². The molecule has 7 heteroatoms. The van der Waals surface area contributed by atoms with Crippen LogP contribution in [0.15, 0.2) is 58.1 Å². The first-order valence-corrected chi connectivity index (χ1v) is 9.07. The number of nitrogens with zero attached hydrogens (tertiary/aromatic N) is 2. The van der Waals surface area contributed by atoms with E-state index in [9.17, 15) is 14.4 Å². The SMILES string of the molecule is COc1ccc(NC(=O)Cn2c(=O)n(CC(C)C)c(=O)c3ccccc32)cc1. The standard InChI is InChI=1S/C21H23N3O4/c1-14(2)12-24-20(26)17-6-4-5-7-18(17)23(21(24)27)13-19(25)22-15-8-10-16(28-3)11-9-15/h4-11,14H,12-13H2,1-3H3,(H,22,25). The maximum absolute atomic E-state index is 12.9. The van der Waals surface area contributed by atoms with Gasteiger partial charge in [0.15, 0.2) is 0 Å². The lowest BCUT2D eigenvalue weighted by molar-refractivity contribution is -0.116. The van der Waals surface area contributed by atoms with Crippen molar-refractivity contribution >= 4 is 22.5 Å². The number of ether oxygens (including phenoxy) is 1. The van der Waals surface area contributed by atoms with Gasteiger partial charge in [-0.05, 0) is 42.3 Å². The minimum atomic E-state index is -0.484. The van der Waals surface area contributed by atoms with Crippen molar-refractivity contribution < 1.29 is 9.53 Å². The lowest BCUT2D eigenvalue weighted by atomic mass is 10.2. The zero-order valence-corrected chi connectivity index (χ0v) is 16.1. The van der Waals surface area contributed by atoms with Gasteiger partial charge in [0.2, 0.25) is 5.91 Å². The zero-order chi connectivity index (χ0) is 20.3. The predicted molar refractivity (Wildman–Crippen MR) is 109 cm³/mol. The molecule has 0 saturated heterocycles. The molecule has 0 spiro atoms. The molecule has 1 N–H and O–H groups in total. The Morgan fingerprint density at radius 3 is 2.36 bits per heavy atom. The van der Waals surface area contributed by atoms with E-state index >= 15 is 0 Å². The number of methoxy groups -OCH3 is 1. The van der Waals surface area contributed by atoms with Gasteiger partial charge in [0.1, 0.15) is 12.3 Å². The largest absolute Gasteiger partial charge is 0.497 e. The third-order valence-corrected chi connectivity index (χ3v) is 4.36. The van der Waals surface area contributed by atoms with E-state index in [1.165, 1.54) is 9.13 Å². The van der Waals surface area contributed by atoms with Gasteiger partial charge in [0, 0.05) is 12.2 Å². The van der Waals surface area contributed by atoms with Crippen LogP contribution in [-0.4, -0.2) is 22.2 Å². The normalized spacial score (nSPS) is 11.0. The molecular formula is C21H23N3O4. The summed E-state index contributed by atoms with van der Waals surface area (Å²) in [4.78, 5) is 38.2. The first kappa shape index (κ1) is 19.4. The average molecular weight is 381 g/mol. The highest BCUT2D eigenvalue weighted by Gasteiger charge is 2.16. The molecule has 3 aromatic rings. The molecule has 1 aromatic heterocycles. The van der Waals surface area contributed by atoms with Crippen LogP contribution in [0, 0.1) is 5.92 Å². The highest BCUT2D eigenvalue weighted by Crippen LogP contribution is 2.15. The number of fused-ring (bicyclic) bond motifs is 1. The van der Waals surface area contributed by atoms with Crippen molar-refractivity contribution in [3.05, 3.63) is 69.4 Å². The number of benzene rings is 2. The number of amides is 1. The molecule has 0 aliphatic rings. The Morgan fingerprint density at radius 2 is 1.71 bits per heavy atom. The third kappa shape index (κ3) is 3.98. The molecule has 7 nitrogen and oxygen atoms in total. The summed E-state index contributed by atoms with van der Waals surface area (Å²) in [5.41, 5.74) is 0.226. The van der Waals surface area contributed by atoms with Crippen LogP contribution in [0.2, 0.25) is 0 Å². The maximum Gasteiger partial charge on any atom is 0.331 e. The molecule has 1 amide bonds. The Bertz CT molecular complexity index is 1110. The molecule has 0 atom stereocenters. The minimum absolute atomic E-state index is 0.119. The molecule has 1 heterocycles. The van der Waals surface area contributed by atoms with E-state index in [1.54, 1.807) is 55.6 Å². The summed E-state index contributed by atoms with van der Waals surface area (Å²) < 4.78 is 7.65. The molecule has 3 rings (SSSR count). The van der Waals surface area contributed by atoms with Crippen LogP contribution in [0.25, 0.3) is 10.9 Å². The van der Waals surface area contributed by atoms with Crippen LogP contribution >= 0.6 is 0 Å². The fourth-order valence-electron chi connectivity index (χ4n) is 3.07. The minimum Gasteiger partial charge on any atom is -0.497 e. The van der Waals surface area contributed by atoms with Crippen molar-refractivity contribution in [3.63, 3.8) is 0 Å². The Labute approximate surface area is 162 Å². The Kier molecular flexibility index (Phi) is 5.63. The second-order valence-corrected chi connectivity index (χ2v) is 6.97. The van der Waals surface area contributed by atoms with E-state index in [4.69, 9.17) is 4.74 Å². The van der Waals surface area contributed by atoms with Gasteiger partial charge in [-0.1, -0.05) is 26.0 Å². The number of carbonyl (C=O) groups is 1. The number of aromatic nitrogens is 2. The van der Waals surface area contributed by atoms with Crippen LogP contribution in [0.1, 0.15) is 13.8 Å². The molecule has 146 valence electrons. The van der Waals surface area contributed by atoms with Crippen molar-refractivity contribution in [2.45, 2.75) is 26.9 Å². The van der Waals surface area contributed by atoms with Gasteiger partial charge < -0.3 is 10.1 Å². The quantitative estimate of drug-likeness (QED) is 0.711. The van der Waals surface area contributed by atoms with Crippen molar-refractivity contribution in [1.82, 2.24) is 9.13 Å². The Morgan fingerprint density at radius 1 is 1.04 bits per heavy atom. The van der Waals surface area contributed by atoms with Crippen molar-refractivity contribution in [2.75, 3.05) is 12.4 Å². The third-order valence-electron chi connectivity index (χ3n) is 4.36. The van der Waals surface area contributed by atoms with Crippen LogP contribution in [0.3, 0.4) is 0 Å². The molecule has 0 saturated carbocycles. The summed E-state index contributed by atoms with van der Waals surface area (Å²) in [5.74, 6) is 0.446. The van der Waals surface area contributed by atoms with E-state index in [0.29, 0.717) is 28.9 Å². The number of hydrogen-bond acceptors (Lipinski definition) is 4. The van der Waals surface area contributed by atoms with E-state index in [1.807, 2.05) is 13.8 Å². The van der Waals surface area contributed by atoms with E-state index in [-0.39, 0.29) is 23.9 Å². The van der Waals surface area contributed by atoms with Gasteiger partial charge in [0.05, 0.1) is 18.0 Å². The molecule has 0 aliphatic carbocycles. The molecule has 0 aliphatic heterocycles. The Balaban J connectivity index is 1.98. The van der Waals surface area contributed by atoms with Crippen LogP contribution in [0.5, 0.6) is 5.75 Å². The lowest BCUT2D eigenvalue weighted by Crippen LogP contribution is -2.42.